The van der Waals surface area contributed by atoms with E-state index >= 15 is 0 Å². The second kappa shape index (κ2) is 6.79. The summed E-state index contributed by atoms with van der Waals surface area (Å²) in [7, 11) is 0. The number of H-pyrrole nitrogens is 1. The zero-order valence-corrected chi connectivity index (χ0v) is 12.7. The Morgan fingerprint density at radius 3 is 2.52 bits per heavy atom. The van der Waals surface area contributed by atoms with Gasteiger partial charge in [-0.05, 0) is 36.8 Å². The van der Waals surface area contributed by atoms with Gasteiger partial charge in [0, 0.05) is 17.3 Å². The van der Waals surface area contributed by atoms with E-state index in [1.165, 1.54) is 0 Å². The van der Waals surface area contributed by atoms with E-state index in [9.17, 15) is 4.79 Å². The number of aromatic amines is 1. The average molecular weight is 307 g/mol. The number of rotatable bonds is 5. The summed E-state index contributed by atoms with van der Waals surface area (Å²) in [5.74, 6) is 1.15. The number of para-hydroxylation sites is 1. The van der Waals surface area contributed by atoms with Crippen LogP contribution in [0.25, 0.3) is 0 Å². The maximum atomic E-state index is 12.1. The number of carbonyl (C=O) groups is 1. The summed E-state index contributed by atoms with van der Waals surface area (Å²) in [4.78, 5) is 12.1. The second-order valence-electron chi connectivity index (χ2n) is 5.19. The molecule has 0 saturated heterocycles. The number of hydrogen-bond donors (Lipinski definition) is 2. The van der Waals surface area contributed by atoms with Crippen LogP contribution >= 0.6 is 0 Å². The highest BCUT2D eigenvalue weighted by Gasteiger charge is 2.08. The molecule has 0 fully saturated rings. The van der Waals surface area contributed by atoms with Crippen molar-refractivity contribution in [3.8, 4) is 5.75 Å². The van der Waals surface area contributed by atoms with E-state index in [4.69, 9.17) is 4.74 Å². The molecular formula is C18H17N3O2. The minimum atomic E-state index is -0.188. The van der Waals surface area contributed by atoms with Crippen LogP contribution in [0.2, 0.25) is 0 Å². The Balaban J connectivity index is 1.59. The largest absolute Gasteiger partial charge is 0.489 e. The van der Waals surface area contributed by atoms with Gasteiger partial charge in [0.25, 0.3) is 5.91 Å². The molecule has 23 heavy (non-hydrogen) atoms. The predicted molar refractivity (Wildman–Crippen MR) is 88.5 cm³/mol. The topological polar surface area (TPSA) is 67.0 Å². The number of aromatic nitrogens is 2. The first kappa shape index (κ1) is 14.8. The first-order chi connectivity index (χ1) is 11.2. The number of nitrogens with one attached hydrogen (secondary N) is 2. The van der Waals surface area contributed by atoms with E-state index in [1.807, 2.05) is 49.4 Å². The van der Waals surface area contributed by atoms with Crippen LogP contribution < -0.4 is 10.1 Å². The summed E-state index contributed by atoms with van der Waals surface area (Å²) in [6.45, 7) is 2.34. The van der Waals surface area contributed by atoms with E-state index < -0.39 is 0 Å². The van der Waals surface area contributed by atoms with Gasteiger partial charge in [0.05, 0.1) is 0 Å². The van der Waals surface area contributed by atoms with Gasteiger partial charge in [0.2, 0.25) is 0 Å². The molecule has 1 aromatic heterocycles. The van der Waals surface area contributed by atoms with Gasteiger partial charge >= 0.3 is 0 Å². The van der Waals surface area contributed by atoms with Crippen molar-refractivity contribution in [3.63, 3.8) is 0 Å². The molecule has 1 amide bonds. The third-order valence-corrected chi connectivity index (χ3v) is 3.31. The number of aryl methyl sites for hydroxylation is 1. The van der Waals surface area contributed by atoms with Crippen LogP contribution in [-0.4, -0.2) is 16.1 Å². The van der Waals surface area contributed by atoms with Gasteiger partial charge in [-0.2, -0.15) is 5.10 Å². The summed E-state index contributed by atoms with van der Waals surface area (Å²) < 4.78 is 5.68. The molecule has 2 aromatic carbocycles. The first-order valence-electron chi connectivity index (χ1n) is 7.31. The summed E-state index contributed by atoms with van der Waals surface area (Å²) in [6, 6.07) is 18.7. The fraction of sp³-hybridized carbons (Fsp3) is 0.111. The van der Waals surface area contributed by atoms with Crippen molar-refractivity contribution in [2.45, 2.75) is 13.5 Å². The lowest BCUT2D eigenvalue weighted by atomic mass is 10.1. The van der Waals surface area contributed by atoms with Gasteiger partial charge in [-0.1, -0.05) is 30.3 Å². The van der Waals surface area contributed by atoms with Crippen LogP contribution in [0, 0.1) is 6.92 Å². The van der Waals surface area contributed by atoms with Crippen LogP contribution in [0.1, 0.15) is 21.6 Å². The third-order valence-electron chi connectivity index (χ3n) is 3.31. The molecule has 116 valence electrons. The lowest BCUT2D eigenvalue weighted by Gasteiger charge is -2.07. The zero-order valence-electron chi connectivity index (χ0n) is 12.7. The number of benzene rings is 2. The Kier molecular flexibility index (Phi) is 4.38. The molecule has 5 nitrogen and oxygen atoms in total. The molecular weight excluding hydrogens is 290 g/mol. The predicted octanol–water partition coefficient (Wildman–Crippen LogP) is 3.55. The Bertz CT molecular complexity index is 780. The van der Waals surface area contributed by atoms with Gasteiger partial charge in [-0.3, -0.25) is 9.89 Å². The molecule has 3 rings (SSSR count). The van der Waals surface area contributed by atoms with E-state index in [-0.39, 0.29) is 5.91 Å². The fourth-order valence-electron chi connectivity index (χ4n) is 2.11. The number of nitrogens with zero attached hydrogens (tertiary/aromatic N) is 1. The molecule has 0 aliphatic carbocycles. The molecule has 0 radical (unpaired) electrons. The van der Waals surface area contributed by atoms with Crippen molar-refractivity contribution in [2.24, 2.45) is 0 Å². The summed E-state index contributed by atoms with van der Waals surface area (Å²) in [5, 5.41) is 9.51. The van der Waals surface area contributed by atoms with Crippen LogP contribution in [0.3, 0.4) is 0 Å². The summed E-state index contributed by atoms with van der Waals surface area (Å²) in [5.41, 5.74) is 2.48. The Hall–Kier alpha value is -3.08. The molecule has 0 bridgehead atoms. The monoisotopic (exact) mass is 307 g/mol. The van der Waals surface area contributed by atoms with Crippen molar-refractivity contribution in [3.05, 3.63) is 77.5 Å². The van der Waals surface area contributed by atoms with E-state index in [1.54, 1.807) is 18.2 Å². The molecule has 0 saturated carbocycles. The normalized spacial score (nSPS) is 10.3. The van der Waals surface area contributed by atoms with Crippen LogP contribution in [0.5, 0.6) is 5.75 Å². The van der Waals surface area contributed by atoms with Gasteiger partial charge in [-0.25, -0.2) is 0 Å². The van der Waals surface area contributed by atoms with Crippen LogP contribution in [0.4, 0.5) is 5.82 Å². The highest BCUT2D eigenvalue weighted by molar-refractivity contribution is 6.03. The molecule has 0 aliphatic heterocycles. The molecule has 5 heteroatoms. The van der Waals surface area contributed by atoms with Crippen molar-refractivity contribution >= 4 is 11.7 Å². The zero-order chi connectivity index (χ0) is 16.1. The van der Waals surface area contributed by atoms with Gasteiger partial charge in [0.15, 0.2) is 5.82 Å². The Morgan fingerprint density at radius 1 is 1.13 bits per heavy atom. The van der Waals surface area contributed by atoms with Crippen molar-refractivity contribution in [1.82, 2.24) is 10.2 Å². The van der Waals surface area contributed by atoms with E-state index in [0.29, 0.717) is 18.0 Å². The Labute approximate surface area is 134 Å². The number of carbonyl (C=O) groups excluding carboxylic acids is 1. The smallest absolute Gasteiger partial charge is 0.256 e. The van der Waals surface area contributed by atoms with E-state index in [2.05, 4.69) is 15.5 Å². The lowest BCUT2D eigenvalue weighted by Crippen LogP contribution is -2.12. The fourth-order valence-corrected chi connectivity index (χ4v) is 2.11. The maximum Gasteiger partial charge on any atom is 0.256 e. The maximum absolute atomic E-state index is 12.1. The Morgan fingerprint density at radius 2 is 1.87 bits per heavy atom. The van der Waals surface area contributed by atoms with Crippen LogP contribution in [0.15, 0.2) is 60.7 Å². The minimum absolute atomic E-state index is 0.188. The lowest BCUT2D eigenvalue weighted by molar-refractivity contribution is 0.102. The molecule has 0 spiro atoms. The van der Waals surface area contributed by atoms with E-state index in [0.717, 1.165) is 17.0 Å². The summed E-state index contributed by atoms with van der Waals surface area (Å²) in [6.07, 6.45) is 0. The molecule has 0 atom stereocenters. The number of hydrogen-bond acceptors (Lipinski definition) is 3. The van der Waals surface area contributed by atoms with Gasteiger partial charge in [-0.15, -0.1) is 0 Å². The second-order valence-corrected chi connectivity index (χ2v) is 5.19. The number of ether oxygens (including phenoxy) is 1. The van der Waals surface area contributed by atoms with Crippen LogP contribution in [-0.2, 0) is 6.61 Å². The number of amides is 1. The molecule has 2 N–H and O–H groups in total. The highest BCUT2D eigenvalue weighted by atomic mass is 16.5. The minimum Gasteiger partial charge on any atom is -0.489 e. The van der Waals surface area contributed by atoms with Gasteiger partial charge < -0.3 is 10.1 Å². The third kappa shape index (κ3) is 3.97. The first-order valence-corrected chi connectivity index (χ1v) is 7.31. The molecule has 1 heterocycles. The molecule has 3 aromatic rings. The molecule has 0 unspecified atom stereocenters. The standard InChI is InChI=1S/C18H17N3O2/c1-13-11-17(21-20-13)19-18(22)15-9-7-14(8-10-15)12-23-16-5-3-2-4-6-16/h2-11H,12H2,1H3,(H2,19,20,21,22). The molecule has 0 aliphatic rings. The quantitative estimate of drug-likeness (QED) is 0.757. The SMILES string of the molecule is Cc1cc(NC(=O)c2ccc(COc3ccccc3)cc2)n[nH]1. The van der Waals surface area contributed by atoms with Gasteiger partial charge in [0.1, 0.15) is 12.4 Å². The van der Waals surface area contributed by atoms with Crippen molar-refractivity contribution in [1.29, 1.82) is 0 Å². The van der Waals surface area contributed by atoms with Crippen molar-refractivity contribution in [2.75, 3.05) is 5.32 Å². The highest BCUT2D eigenvalue weighted by Crippen LogP contribution is 2.13. The van der Waals surface area contributed by atoms with Crippen molar-refractivity contribution < 1.29 is 9.53 Å². The average Bonchev–Trinajstić information content (AvgIpc) is 2.99. The number of anilines is 1. The summed E-state index contributed by atoms with van der Waals surface area (Å²) >= 11 is 0.